The Bertz CT molecular complexity index is 129. The maximum atomic E-state index is 10.0. The van der Waals surface area contributed by atoms with Crippen LogP contribution < -0.4 is 0 Å². The Morgan fingerprint density at radius 2 is 1.38 bits per heavy atom. The van der Waals surface area contributed by atoms with Crippen LogP contribution in [-0.2, 0) is 0 Å². The third-order valence-corrected chi connectivity index (χ3v) is 3.02. The van der Waals surface area contributed by atoms with Crippen LogP contribution in [0.4, 0.5) is 0 Å². The Labute approximate surface area is 83.5 Å². The van der Waals surface area contributed by atoms with Crippen molar-refractivity contribution in [2.24, 2.45) is 23.7 Å². The van der Waals surface area contributed by atoms with E-state index in [9.17, 15) is 5.11 Å². The highest BCUT2D eigenvalue weighted by Gasteiger charge is 2.23. The van der Waals surface area contributed by atoms with Crippen LogP contribution in [0.25, 0.3) is 0 Å². The van der Waals surface area contributed by atoms with E-state index in [0.29, 0.717) is 23.7 Å². The maximum Gasteiger partial charge on any atom is 0.0593 e. The zero-order valence-electron chi connectivity index (χ0n) is 10.0. The summed E-state index contributed by atoms with van der Waals surface area (Å²) in [5.41, 5.74) is 0. The van der Waals surface area contributed by atoms with Gasteiger partial charge in [-0.2, -0.15) is 0 Å². The second-order valence-corrected chi connectivity index (χ2v) is 5.20. The molecular weight excluding hydrogens is 160 g/mol. The average molecular weight is 186 g/mol. The molecule has 0 fully saturated rings. The Hall–Kier alpha value is -0.0400. The monoisotopic (exact) mass is 186 g/mol. The molecule has 80 valence electrons. The molecule has 0 heterocycles. The van der Waals surface area contributed by atoms with Crippen LogP contribution in [0.5, 0.6) is 0 Å². The van der Waals surface area contributed by atoms with Gasteiger partial charge in [-0.25, -0.2) is 0 Å². The van der Waals surface area contributed by atoms with Crippen molar-refractivity contribution in [3.63, 3.8) is 0 Å². The van der Waals surface area contributed by atoms with E-state index in [1.165, 1.54) is 0 Å². The highest BCUT2D eigenvalue weighted by Crippen LogP contribution is 2.24. The standard InChI is InChI=1S/C12H26O/c1-8(2)7-10(5)12(13)11(6)9(3)4/h8-13H,7H2,1-6H3. The van der Waals surface area contributed by atoms with Gasteiger partial charge < -0.3 is 5.11 Å². The van der Waals surface area contributed by atoms with Gasteiger partial charge in [0.15, 0.2) is 0 Å². The van der Waals surface area contributed by atoms with Gasteiger partial charge in [-0.3, -0.25) is 0 Å². The lowest BCUT2D eigenvalue weighted by Gasteiger charge is -2.28. The molecule has 3 atom stereocenters. The van der Waals surface area contributed by atoms with Gasteiger partial charge in [-0.1, -0.05) is 41.5 Å². The largest absolute Gasteiger partial charge is 0.393 e. The number of aliphatic hydroxyl groups excluding tert-OH is 1. The zero-order chi connectivity index (χ0) is 10.6. The van der Waals surface area contributed by atoms with Gasteiger partial charge in [0.1, 0.15) is 0 Å². The number of hydrogen-bond donors (Lipinski definition) is 1. The van der Waals surface area contributed by atoms with Crippen molar-refractivity contribution in [1.29, 1.82) is 0 Å². The topological polar surface area (TPSA) is 20.2 Å². The van der Waals surface area contributed by atoms with Crippen LogP contribution in [0.3, 0.4) is 0 Å². The normalized spacial score (nSPS) is 19.2. The molecule has 0 bridgehead atoms. The van der Waals surface area contributed by atoms with E-state index in [2.05, 4.69) is 41.5 Å². The first kappa shape index (κ1) is 13.0. The lowest BCUT2D eigenvalue weighted by atomic mass is 9.82. The minimum Gasteiger partial charge on any atom is -0.393 e. The number of rotatable bonds is 5. The molecule has 3 unspecified atom stereocenters. The summed E-state index contributed by atoms with van der Waals surface area (Å²) in [5, 5.41) is 10.0. The second kappa shape index (κ2) is 5.64. The minimum atomic E-state index is -0.137. The molecule has 0 aromatic rings. The summed E-state index contributed by atoms with van der Waals surface area (Å²) in [5.74, 6) is 2.10. The van der Waals surface area contributed by atoms with Crippen LogP contribution in [0.2, 0.25) is 0 Å². The molecule has 0 aromatic carbocycles. The maximum absolute atomic E-state index is 10.0. The van der Waals surface area contributed by atoms with E-state index in [4.69, 9.17) is 0 Å². The Kier molecular flexibility index (Phi) is 5.62. The Morgan fingerprint density at radius 3 is 1.69 bits per heavy atom. The van der Waals surface area contributed by atoms with E-state index in [1.807, 2.05) is 0 Å². The Balaban J connectivity index is 4.01. The minimum absolute atomic E-state index is 0.137. The highest BCUT2D eigenvalue weighted by molar-refractivity contribution is 4.73. The van der Waals surface area contributed by atoms with Gasteiger partial charge in [-0.05, 0) is 30.1 Å². The fraction of sp³-hybridized carbons (Fsp3) is 1.00. The van der Waals surface area contributed by atoms with Crippen LogP contribution in [0.15, 0.2) is 0 Å². The van der Waals surface area contributed by atoms with Crippen molar-refractivity contribution in [3.8, 4) is 0 Å². The number of aliphatic hydroxyl groups is 1. The molecule has 1 nitrogen and oxygen atoms in total. The molecule has 0 aliphatic rings. The summed E-state index contributed by atoms with van der Waals surface area (Å²) in [6.45, 7) is 13.1. The molecule has 0 aliphatic heterocycles. The molecule has 0 aliphatic carbocycles. The predicted octanol–water partition coefficient (Wildman–Crippen LogP) is 3.32. The summed E-state index contributed by atoms with van der Waals surface area (Å²) in [6.07, 6.45) is 0.987. The van der Waals surface area contributed by atoms with E-state index >= 15 is 0 Å². The predicted molar refractivity (Wildman–Crippen MR) is 58.6 cm³/mol. The lowest BCUT2D eigenvalue weighted by molar-refractivity contribution is 0.0370. The van der Waals surface area contributed by atoms with Gasteiger partial charge in [-0.15, -0.1) is 0 Å². The fourth-order valence-electron chi connectivity index (χ4n) is 1.80. The lowest BCUT2D eigenvalue weighted by Crippen LogP contribution is -2.29. The van der Waals surface area contributed by atoms with Gasteiger partial charge >= 0.3 is 0 Å². The molecule has 0 aromatic heterocycles. The van der Waals surface area contributed by atoms with Gasteiger partial charge in [0.2, 0.25) is 0 Å². The van der Waals surface area contributed by atoms with E-state index in [-0.39, 0.29) is 6.10 Å². The van der Waals surface area contributed by atoms with Crippen LogP contribution in [0.1, 0.15) is 48.0 Å². The van der Waals surface area contributed by atoms with E-state index < -0.39 is 0 Å². The molecule has 1 N–H and O–H groups in total. The molecule has 0 saturated carbocycles. The van der Waals surface area contributed by atoms with Crippen molar-refractivity contribution >= 4 is 0 Å². The second-order valence-electron chi connectivity index (χ2n) is 5.20. The van der Waals surface area contributed by atoms with Gasteiger partial charge in [0.05, 0.1) is 6.10 Å². The summed E-state index contributed by atoms with van der Waals surface area (Å²) >= 11 is 0. The quantitative estimate of drug-likeness (QED) is 0.698. The summed E-state index contributed by atoms with van der Waals surface area (Å²) in [4.78, 5) is 0. The van der Waals surface area contributed by atoms with Crippen LogP contribution in [-0.4, -0.2) is 11.2 Å². The third-order valence-electron chi connectivity index (χ3n) is 3.02. The van der Waals surface area contributed by atoms with Crippen LogP contribution in [0, 0.1) is 23.7 Å². The number of hydrogen-bond acceptors (Lipinski definition) is 1. The van der Waals surface area contributed by atoms with E-state index in [0.717, 1.165) is 6.42 Å². The summed E-state index contributed by atoms with van der Waals surface area (Å²) in [7, 11) is 0. The molecule has 0 spiro atoms. The molecular formula is C12H26O. The first-order valence-electron chi connectivity index (χ1n) is 5.54. The van der Waals surface area contributed by atoms with Gasteiger partial charge in [0, 0.05) is 0 Å². The van der Waals surface area contributed by atoms with Gasteiger partial charge in [0.25, 0.3) is 0 Å². The molecule has 0 amide bonds. The average Bonchev–Trinajstić information content (AvgIpc) is 2.00. The van der Waals surface area contributed by atoms with Crippen LogP contribution >= 0.6 is 0 Å². The Morgan fingerprint density at radius 1 is 0.923 bits per heavy atom. The third kappa shape index (κ3) is 4.66. The van der Waals surface area contributed by atoms with Crippen molar-refractivity contribution in [3.05, 3.63) is 0 Å². The summed E-state index contributed by atoms with van der Waals surface area (Å²) < 4.78 is 0. The molecule has 0 radical (unpaired) electrons. The van der Waals surface area contributed by atoms with Crippen molar-refractivity contribution in [2.75, 3.05) is 0 Å². The first-order valence-corrected chi connectivity index (χ1v) is 5.54. The summed E-state index contributed by atoms with van der Waals surface area (Å²) in [6, 6.07) is 0. The SMILES string of the molecule is CC(C)CC(C)C(O)C(C)C(C)C. The molecule has 13 heavy (non-hydrogen) atoms. The van der Waals surface area contributed by atoms with Crippen molar-refractivity contribution in [2.45, 2.75) is 54.1 Å². The molecule has 0 rings (SSSR count). The van der Waals surface area contributed by atoms with Crippen molar-refractivity contribution < 1.29 is 5.11 Å². The zero-order valence-corrected chi connectivity index (χ0v) is 10.0. The highest BCUT2D eigenvalue weighted by atomic mass is 16.3. The first-order chi connectivity index (χ1) is 5.86. The smallest absolute Gasteiger partial charge is 0.0593 e. The molecule has 1 heteroatoms. The van der Waals surface area contributed by atoms with Crippen molar-refractivity contribution in [1.82, 2.24) is 0 Å². The fourth-order valence-corrected chi connectivity index (χ4v) is 1.80. The van der Waals surface area contributed by atoms with E-state index in [1.54, 1.807) is 0 Å². The molecule has 0 saturated heterocycles.